The summed E-state index contributed by atoms with van der Waals surface area (Å²) < 4.78 is 36.4. The van der Waals surface area contributed by atoms with Crippen LogP contribution in [0.4, 0.5) is 13.2 Å². The molecular weight excluding hydrogens is 199 g/mol. The maximum Gasteiger partial charge on any atom is 0.413 e. The first-order valence-corrected chi connectivity index (χ1v) is 3.87. The zero-order valence-electron chi connectivity index (χ0n) is 7.51. The highest BCUT2D eigenvalue weighted by Crippen LogP contribution is 2.13. The molecule has 14 heavy (non-hydrogen) atoms. The normalized spacial score (nSPS) is 12.0. The summed E-state index contributed by atoms with van der Waals surface area (Å²) in [6.45, 7) is -1.11. The van der Waals surface area contributed by atoms with E-state index in [0.29, 0.717) is 0 Å². The first-order valence-electron chi connectivity index (χ1n) is 3.87. The number of hydroxylamine groups is 1. The van der Waals surface area contributed by atoms with E-state index in [9.17, 15) is 13.2 Å². The van der Waals surface area contributed by atoms with Crippen LogP contribution >= 0.6 is 0 Å². The Bertz CT molecular complexity index is 284. The zero-order valence-corrected chi connectivity index (χ0v) is 7.51. The highest BCUT2D eigenvalue weighted by molar-refractivity contribution is 4.98. The summed E-state index contributed by atoms with van der Waals surface area (Å²) in [5, 5.41) is 3.84. The molecule has 0 aliphatic carbocycles. The van der Waals surface area contributed by atoms with E-state index in [0.717, 1.165) is 5.69 Å². The fourth-order valence-electron chi connectivity index (χ4n) is 0.833. The van der Waals surface area contributed by atoms with Gasteiger partial charge in [-0.15, -0.1) is 0 Å². The molecule has 7 heteroatoms. The minimum atomic E-state index is -4.31. The first kappa shape index (κ1) is 11.0. The van der Waals surface area contributed by atoms with E-state index in [1.54, 1.807) is 24.0 Å². The maximum atomic E-state index is 11.6. The van der Waals surface area contributed by atoms with Crippen molar-refractivity contribution in [2.75, 3.05) is 6.61 Å². The van der Waals surface area contributed by atoms with Crippen LogP contribution in [0.5, 0.6) is 0 Å². The molecule has 1 aromatic rings. The number of aromatic nitrogens is 2. The predicted octanol–water partition coefficient (Wildman–Crippen LogP) is 1.00. The second-order valence-electron chi connectivity index (χ2n) is 2.67. The fourth-order valence-corrected chi connectivity index (χ4v) is 0.833. The number of rotatable bonds is 4. The molecule has 0 aliphatic heterocycles. The van der Waals surface area contributed by atoms with Crippen LogP contribution in [0, 0.1) is 0 Å². The first-order chi connectivity index (χ1) is 6.49. The van der Waals surface area contributed by atoms with E-state index in [1.807, 2.05) is 0 Å². The zero-order chi connectivity index (χ0) is 10.6. The van der Waals surface area contributed by atoms with Crippen LogP contribution < -0.4 is 5.48 Å². The minimum absolute atomic E-state index is 0.187. The van der Waals surface area contributed by atoms with Gasteiger partial charge in [0.05, 0.1) is 12.2 Å². The van der Waals surface area contributed by atoms with Crippen molar-refractivity contribution in [3.63, 3.8) is 0 Å². The standard InChI is InChI=1S/C7H10F3N3O/c1-13-6(2-3-11-13)4-12-14-5-7(8,9)10/h2-3,12H,4-5H2,1H3. The summed E-state index contributed by atoms with van der Waals surface area (Å²) in [5.41, 5.74) is 2.95. The number of nitrogens with zero attached hydrogens (tertiary/aromatic N) is 2. The van der Waals surface area contributed by atoms with E-state index < -0.39 is 12.8 Å². The second-order valence-corrected chi connectivity index (χ2v) is 2.67. The topological polar surface area (TPSA) is 39.1 Å². The lowest BCUT2D eigenvalue weighted by atomic mass is 10.4. The summed E-state index contributed by atoms with van der Waals surface area (Å²) in [6.07, 6.45) is -2.75. The van der Waals surface area contributed by atoms with Gasteiger partial charge in [-0.25, -0.2) is 0 Å². The van der Waals surface area contributed by atoms with Crippen LogP contribution in [0.3, 0.4) is 0 Å². The van der Waals surface area contributed by atoms with Gasteiger partial charge in [0.2, 0.25) is 0 Å². The van der Waals surface area contributed by atoms with Crippen LogP contribution in [0.15, 0.2) is 12.3 Å². The van der Waals surface area contributed by atoms with Crippen molar-refractivity contribution in [2.24, 2.45) is 7.05 Å². The Morgan fingerprint density at radius 2 is 2.29 bits per heavy atom. The van der Waals surface area contributed by atoms with Gasteiger partial charge in [0.25, 0.3) is 0 Å². The van der Waals surface area contributed by atoms with Crippen molar-refractivity contribution in [1.82, 2.24) is 15.3 Å². The molecule has 0 amide bonds. The van der Waals surface area contributed by atoms with Gasteiger partial charge in [-0.1, -0.05) is 0 Å². The molecule has 80 valence electrons. The number of aryl methyl sites for hydroxylation is 1. The lowest BCUT2D eigenvalue weighted by molar-refractivity contribution is -0.190. The Morgan fingerprint density at radius 3 is 2.79 bits per heavy atom. The molecule has 1 rings (SSSR count). The summed E-state index contributed by atoms with van der Waals surface area (Å²) >= 11 is 0. The van der Waals surface area contributed by atoms with E-state index in [4.69, 9.17) is 0 Å². The summed E-state index contributed by atoms with van der Waals surface area (Å²) in [4.78, 5) is 4.21. The molecule has 1 aromatic heterocycles. The predicted molar refractivity (Wildman–Crippen MR) is 42.1 cm³/mol. The Hall–Kier alpha value is -1.08. The SMILES string of the molecule is Cn1nccc1CNOCC(F)(F)F. The third-order valence-corrected chi connectivity index (χ3v) is 1.51. The number of hydrogen-bond donors (Lipinski definition) is 1. The average molecular weight is 209 g/mol. The molecular formula is C7H10F3N3O. The summed E-state index contributed by atoms with van der Waals surface area (Å²) in [6, 6.07) is 1.68. The second kappa shape index (κ2) is 4.43. The van der Waals surface area contributed by atoms with Crippen LogP contribution in [0.2, 0.25) is 0 Å². The van der Waals surface area contributed by atoms with Crippen LogP contribution in [-0.2, 0) is 18.4 Å². The van der Waals surface area contributed by atoms with E-state index >= 15 is 0 Å². The molecule has 0 aromatic carbocycles. The highest BCUT2D eigenvalue weighted by atomic mass is 19.4. The number of hydrogen-bond acceptors (Lipinski definition) is 3. The molecule has 1 heterocycles. The van der Waals surface area contributed by atoms with Crippen molar-refractivity contribution in [1.29, 1.82) is 0 Å². The van der Waals surface area contributed by atoms with Gasteiger partial charge in [0, 0.05) is 13.2 Å². The van der Waals surface area contributed by atoms with Gasteiger partial charge < -0.3 is 0 Å². The van der Waals surface area contributed by atoms with Gasteiger partial charge in [-0.2, -0.15) is 23.8 Å². The number of alkyl halides is 3. The number of halogens is 3. The van der Waals surface area contributed by atoms with Crippen LogP contribution in [0.25, 0.3) is 0 Å². The largest absolute Gasteiger partial charge is 0.413 e. The molecule has 0 atom stereocenters. The average Bonchev–Trinajstić information content (AvgIpc) is 2.44. The highest BCUT2D eigenvalue weighted by Gasteiger charge is 2.27. The van der Waals surface area contributed by atoms with Crippen molar-refractivity contribution in [3.05, 3.63) is 18.0 Å². The van der Waals surface area contributed by atoms with Gasteiger partial charge in [0.1, 0.15) is 0 Å². The van der Waals surface area contributed by atoms with Crippen molar-refractivity contribution in [3.8, 4) is 0 Å². The smallest absolute Gasteiger partial charge is 0.292 e. The molecule has 0 saturated carbocycles. The van der Waals surface area contributed by atoms with Crippen molar-refractivity contribution < 1.29 is 18.0 Å². The fraction of sp³-hybridized carbons (Fsp3) is 0.571. The van der Waals surface area contributed by atoms with E-state index in [1.165, 1.54) is 0 Å². The lowest BCUT2D eigenvalue weighted by Gasteiger charge is -2.08. The third-order valence-electron chi connectivity index (χ3n) is 1.51. The third kappa shape index (κ3) is 3.75. The molecule has 0 fully saturated rings. The summed E-state index contributed by atoms with van der Waals surface area (Å²) in [7, 11) is 1.70. The number of nitrogens with one attached hydrogen (secondary N) is 1. The Morgan fingerprint density at radius 1 is 1.57 bits per heavy atom. The lowest BCUT2D eigenvalue weighted by Crippen LogP contribution is -2.25. The Labute approximate surface area is 78.6 Å². The maximum absolute atomic E-state index is 11.6. The molecule has 0 saturated heterocycles. The molecule has 0 aliphatic rings. The van der Waals surface area contributed by atoms with Crippen LogP contribution in [0.1, 0.15) is 5.69 Å². The van der Waals surface area contributed by atoms with Gasteiger partial charge in [-0.05, 0) is 6.07 Å². The quantitative estimate of drug-likeness (QED) is 0.594. The Kier molecular flexibility index (Phi) is 3.48. The van der Waals surface area contributed by atoms with E-state index in [-0.39, 0.29) is 6.54 Å². The van der Waals surface area contributed by atoms with Crippen molar-refractivity contribution >= 4 is 0 Å². The summed E-state index contributed by atoms with van der Waals surface area (Å²) in [5.74, 6) is 0. The van der Waals surface area contributed by atoms with Crippen LogP contribution in [-0.4, -0.2) is 22.6 Å². The monoisotopic (exact) mass is 209 g/mol. The molecule has 0 unspecified atom stereocenters. The molecule has 0 radical (unpaired) electrons. The minimum Gasteiger partial charge on any atom is -0.292 e. The molecule has 4 nitrogen and oxygen atoms in total. The van der Waals surface area contributed by atoms with Gasteiger partial charge >= 0.3 is 6.18 Å². The molecule has 1 N–H and O–H groups in total. The van der Waals surface area contributed by atoms with E-state index in [2.05, 4.69) is 15.4 Å². The van der Waals surface area contributed by atoms with Crippen molar-refractivity contribution in [2.45, 2.75) is 12.7 Å². The van der Waals surface area contributed by atoms with Gasteiger partial charge in [0.15, 0.2) is 6.61 Å². The van der Waals surface area contributed by atoms with Gasteiger partial charge in [-0.3, -0.25) is 9.52 Å². The Balaban J connectivity index is 2.20. The molecule has 0 bridgehead atoms. The molecule has 0 spiro atoms.